The minimum atomic E-state index is -0.233. The summed E-state index contributed by atoms with van der Waals surface area (Å²) in [6.07, 6.45) is 1.24. The summed E-state index contributed by atoms with van der Waals surface area (Å²) in [5.74, 6) is 0. The van der Waals surface area contributed by atoms with Crippen LogP contribution in [0.3, 0.4) is 0 Å². The van der Waals surface area contributed by atoms with Gasteiger partial charge in [-0.15, -0.1) is 0 Å². The van der Waals surface area contributed by atoms with E-state index in [2.05, 4.69) is 17.7 Å². The van der Waals surface area contributed by atoms with E-state index in [4.69, 9.17) is 5.73 Å². The molecule has 1 heterocycles. The minimum absolute atomic E-state index is 0.186. The number of aryl methyl sites for hydroxylation is 1. The van der Waals surface area contributed by atoms with Gasteiger partial charge in [0, 0.05) is 5.54 Å². The van der Waals surface area contributed by atoms with Crippen molar-refractivity contribution >= 4 is 11.3 Å². The van der Waals surface area contributed by atoms with Crippen molar-refractivity contribution in [2.75, 3.05) is 0 Å². The van der Waals surface area contributed by atoms with Crippen LogP contribution in [0.5, 0.6) is 0 Å². The lowest BCUT2D eigenvalue weighted by Gasteiger charge is -2.42. The molecule has 0 unspecified atom stereocenters. The van der Waals surface area contributed by atoms with E-state index in [9.17, 15) is 5.11 Å². The molecule has 1 aliphatic carbocycles. The standard InChI is InChI=1S/C9H13NOS/c1-6-4-12-5-8(6)9(10)2-7(11)3-9/h4-5,7,11H,2-3,10H2,1H3. The largest absolute Gasteiger partial charge is 0.393 e. The molecule has 2 nitrogen and oxygen atoms in total. The fraction of sp³-hybridized carbons (Fsp3) is 0.556. The van der Waals surface area contributed by atoms with Crippen molar-refractivity contribution in [1.29, 1.82) is 0 Å². The summed E-state index contributed by atoms with van der Waals surface area (Å²) in [6, 6.07) is 0. The Kier molecular flexibility index (Phi) is 1.75. The average Bonchev–Trinajstić information content (AvgIpc) is 2.32. The third kappa shape index (κ3) is 1.09. The first-order valence-electron chi connectivity index (χ1n) is 4.12. The highest BCUT2D eigenvalue weighted by Gasteiger charge is 2.42. The Hall–Kier alpha value is -0.380. The molecule has 1 aromatic rings. The summed E-state index contributed by atoms with van der Waals surface area (Å²) in [4.78, 5) is 0. The second-order valence-electron chi connectivity index (χ2n) is 3.69. The van der Waals surface area contributed by atoms with E-state index >= 15 is 0 Å². The second kappa shape index (κ2) is 2.55. The maximum Gasteiger partial charge on any atom is 0.0582 e. The van der Waals surface area contributed by atoms with E-state index in [0.717, 1.165) is 0 Å². The molecule has 1 aromatic heterocycles. The number of hydrogen-bond acceptors (Lipinski definition) is 3. The molecular formula is C9H13NOS. The van der Waals surface area contributed by atoms with Crippen LogP contribution in [0.2, 0.25) is 0 Å². The molecule has 0 aromatic carbocycles. The number of nitrogens with two attached hydrogens (primary N) is 1. The molecule has 2 rings (SSSR count). The molecular weight excluding hydrogens is 170 g/mol. The summed E-state index contributed by atoms with van der Waals surface area (Å²) < 4.78 is 0. The van der Waals surface area contributed by atoms with Gasteiger partial charge < -0.3 is 10.8 Å². The van der Waals surface area contributed by atoms with Gasteiger partial charge in [0.25, 0.3) is 0 Å². The topological polar surface area (TPSA) is 46.2 Å². The van der Waals surface area contributed by atoms with E-state index in [1.807, 2.05) is 0 Å². The molecule has 0 aliphatic heterocycles. The molecule has 1 saturated carbocycles. The lowest BCUT2D eigenvalue weighted by molar-refractivity contribution is 0.0209. The van der Waals surface area contributed by atoms with Crippen LogP contribution in [-0.2, 0) is 5.54 Å². The molecule has 0 radical (unpaired) electrons. The molecule has 66 valence electrons. The zero-order valence-electron chi connectivity index (χ0n) is 7.08. The molecule has 0 saturated heterocycles. The third-order valence-corrected chi connectivity index (χ3v) is 3.45. The summed E-state index contributed by atoms with van der Waals surface area (Å²) in [7, 11) is 0. The first kappa shape index (κ1) is 8.23. The van der Waals surface area contributed by atoms with E-state index in [0.29, 0.717) is 12.8 Å². The quantitative estimate of drug-likeness (QED) is 0.690. The Labute approximate surface area is 76.0 Å². The summed E-state index contributed by atoms with van der Waals surface area (Å²) in [6.45, 7) is 2.07. The highest BCUT2D eigenvalue weighted by Crippen LogP contribution is 2.41. The van der Waals surface area contributed by atoms with E-state index in [1.54, 1.807) is 11.3 Å². The maximum absolute atomic E-state index is 9.20. The highest BCUT2D eigenvalue weighted by atomic mass is 32.1. The minimum Gasteiger partial charge on any atom is -0.393 e. The van der Waals surface area contributed by atoms with Gasteiger partial charge in [0.1, 0.15) is 0 Å². The Morgan fingerprint density at radius 3 is 2.67 bits per heavy atom. The van der Waals surface area contributed by atoms with Crippen molar-refractivity contribution in [3.8, 4) is 0 Å². The van der Waals surface area contributed by atoms with Crippen molar-refractivity contribution in [1.82, 2.24) is 0 Å². The van der Waals surface area contributed by atoms with Crippen molar-refractivity contribution in [2.45, 2.75) is 31.4 Å². The van der Waals surface area contributed by atoms with Crippen LogP contribution in [0.25, 0.3) is 0 Å². The van der Waals surface area contributed by atoms with Crippen molar-refractivity contribution in [3.05, 3.63) is 21.9 Å². The molecule has 0 spiro atoms. The van der Waals surface area contributed by atoms with Crippen molar-refractivity contribution in [2.24, 2.45) is 5.73 Å². The molecule has 0 amide bonds. The monoisotopic (exact) mass is 183 g/mol. The highest BCUT2D eigenvalue weighted by molar-refractivity contribution is 7.08. The Bertz CT molecular complexity index is 288. The zero-order valence-corrected chi connectivity index (χ0v) is 7.90. The lowest BCUT2D eigenvalue weighted by atomic mass is 9.70. The number of thiophene rings is 1. The van der Waals surface area contributed by atoms with Crippen LogP contribution < -0.4 is 5.73 Å². The van der Waals surface area contributed by atoms with Crippen LogP contribution >= 0.6 is 11.3 Å². The summed E-state index contributed by atoms with van der Waals surface area (Å²) >= 11 is 1.68. The zero-order chi connectivity index (χ0) is 8.77. The smallest absolute Gasteiger partial charge is 0.0582 e. The van der Waals surface area contributed by atoms with Gasteiger partial charge in [0.15, 0.2) is 0 Å². The first-order valence-corrected chi connectivity index (χ1v) is 5.06. The van der Waals surface area contributed by atoms with Crippen LogP contribution in [0, 0.1) is 6.92 Å². The number of aliphatic hydroxyl groups is 1. The fourth-order valence-corrected chi connectivity index (χ4v) is 2.83. The number of aliphatic hydroxyl groups excluding tert-OH is 1. The van der Waals surface area contributed by atoms with Gasteiger partial charge in [0.2, 0.25) is 0 Å². The van der Waals surface area contributed by atoms with Crippen molar-refractivity contribution in [3.63, 3.8) is 0 Å². The summed E-state index contributed by atoms with van der Waals surface area (Å²) in [5.41, 5.74) is 8.35. The number of rotatable bonds is 1. The van der Waals surface area contributed by atoms with E-state index in [-0.39, 0.29) is 11.6 Å². The predicted molar refractivity (Wildman–Crippen MR) is 50.2 cm³/mol. The van der Waals surface area contributed by atoms with Gasteiger partial charge in [-0.25, -0.2) is 0 Å². The van der Waals surface area contributed by atoms with Crippen LogP contribution in [0.15, 0.2) is 10.8 Å². The Morgan fingerprint density at radius 1 is 1.58 bits per heavy atom. The predicted octanol–water partition coefficient (Wildman–Crippen LogP) is 1.37. The second-order valence-corrected chi connectivity index (χ2v) is 4.43. The maximum atomic E-state index is 9.20. The van der Waals surface area contributed by atoms with Crippen LogP contribution in [0.4, 0.5) is 0 Å². The van der Waals surface area contributed by atoms with Gasteiger partial charge in [0.05, 0.1) is 6.10 Å². The molecule has 12 heavy (non-hydrogen) atoms. The number of hydrogen-bond donors (Lipinski definition) is 2. The Morgan fingerprint density at radius 2 is 2.25 bits per heavy atom. The van der Waals surface area contributed by atoms with Crippen molar-refractivity contribution < 1.29 is 5.11 Å². The Balaban J connectivity index is 2.26. The van der Waals surface area contributed by atoms with Gasteiger partial charge in [-0.3, -0.25) is 0 Å². The van der Waals surface area contributed by atoms with Gasteiger partial charge in [-0.2, -0.15) is 11.3 Å². The van der Waals surface area contributed by atoms with Gasteiger partial charge >= 0.3 is 0 Å². The van der Waals surface area contributed by atoms with Gasteiger partial charge in [-0.1, -0.05) is 0 Å². The lowest BCUT2D eigenvalue weighted by Crippen LogP contribution is -2.51. The van der Waals surface area contributed by atoms with Crippen LogP contribution in [0.1, 0.15) is 24.0 Å². The average molecular weight is 183 g/mol. The SMILES string of the molecule is Cc1cscc1C1(N)CC(O)C1. The normalized spacial score (nSPS) is 34.8. The van der Waals surface area contributed by atoms with Gasteiger partial charge in [-0.05, 0) is 41.7 Å². The third-order valence-electron chi connectivity index (χ3n) is 2.59. The molecule has 0 atom stereocenters. The fourth-order valence-electron chi connectivity index (χ4n) is 1.87. The molecule has 0 bridgehead atoms. The summed E-state index contributed by atoms with van der Waals surface area (Å²) in [5, 5.41) is 13.4. The van der Waals surface area contributed by atoms with E-state index in [1.165, 1.54) is 11.1 Å². The first-order chi connectivity index (χ1) is 5.62. The molecule has 3 N–H and O–H groups in total. The van der Waals surface area contributed by atoms with Crippen LogP contribution in [-0.4, -0.2) is 11.2 Å². The molecule has 1 aliphatic rings. The van der Waals surface area contributed by atoms with E-state index < -0.39 is 0 Å². The molecule has 3 heteroatoms. The molecule has 1 fully saturated rings.